The summed E-state index contributed by atoms with van der Waals surface area (Å²) >= 11 is 0. The standard InChI is InChI=1S/C15H16FN3/c1-15(2)9-19(14-6-4-11(17)8-18-14)13-5-3-10(16)7-12(13)15/h3-8H,9,17H2,1-2H3. The first kappa shape index (κ1) is 12.0. The molecule has 0 amide bonds. The molecule has 19 heavy (non-hydrogen) atoms. The molecule has 1 aromatic carbocycles. The van der Waals surface area contributed by atoms with E-state index in [2.05, 4.69) is 23.7 Å². The summed E-state index contributed by atoms with van der Waals surface area (Å²) in [6.07, 6.45) is 1.64. The number of benzene rings is 1. The van der Waals surface area contributed by atoms with Gasteiger partial charge in [0.2, 0.25) is 0 Å². The Kier molecular flexibility index (Phi) is 2.49. The molecular formula is C15H16FN3. The number of pyridine rings is 1. The van der Waals surface area contributed by atoms with Crippen molar-refractivity contribution in [2.75, 3.05) is 17.2 Å². The van der Waals surface area contributed by atoms with Crippen molar-refractivity contribution in [3.63, 3.8) is 0 Å². The van der Waals surface area contributed by atoms with Crippen LogP contribution in [-0.2, 0) is 5.41 Å². The summed E-state index contributed by atoms with van der Waals surface area (Å²) in [4.78, 5) is 6.46. The molecule has 3 nitrogen and oxygen atoms in total. The quantitative estimate of drug-likeness (QED) is 0.852. The number of aromatic nitrogens is 1. The van der Waals surface area contributed by atoms with Gasteiger partial charge in [0.25, 0.3) is 0 Å². The van der Waals surface area contributed by atoms with E-state index in [0.29, 0.717) is 5.69 Å². The molecule has 98 valence electrons. The summed E-state index contributed by atoms with van der Waals surface area (Å²) in [6.45, 7) is 5.01. The van der Waals surface area contributed by atoms with Crippen LogP contribution in [0.15, 0.2) is 36.5 Å². The fourth-order valence-electron chi connectivity index (χ4n) is 2.61. The molecule has 0 fully saturated rings. The van der Waals surface area contributed by atoms with E-state index in [4.69, 9.17) is 5.73 Å². The van der Waals surface area contributed by atoms with Crippen LogP contribution in [0.4, 0.5) is 21.6 Å². The molecule has 2 heterocycles. The van der Waals surface area contributed by atoms with Crippen LogP contribution in [0.25, 0.3) is 0 Å². The summed E-state index contributed by atoms with van der Waals surface area (Å²) in [7, 11) is 0. The van der Waals surface area contributed by atoms with Crippen molar-refractivity contribution in [2.24, 2.45) is 0 Å². The fraction of sp³-hybridized carbons (Fsp3) is 0.267. The second-order valence-corrected chi connectivity index (χ2v) is 5.58. The van der Waals surface area contributed by atoms with Crippen LogP contribution in [0.5, 0.6) is 0 Å². The number of rotatable bonds is 1. The Morgan fingerprint density at radius 1 is 1.26 bits per heavy atom. The van der Waals surface area contributed by atoms with Crippen molar-refractivity contribution in [1.82, 2.24) is 4.98 Å². The van der Waals surface area contributed by atoms with Gasteiger partial charge in [-0.3, -0.25) is 0 Å². The Morgan fingerprint density at radius 3 is 2.74 bits per heavy atom. The number of nitrogen functional groups attached to an aromatic ring is 1. The molecule has 0 aliphatic carbocycles. The number of anilines is 3. The lowest BCUT2D eigenvalue weighted by Gasteiger charge is -2.21. The van der Waals surface area contributed by atoms with Crippen molar-refractivity contribution in [1.29, 1.82) is 0 Å². The molecule has 0 unspecified atom stereocenters. The largest absolute Gasteiger partial charge is 0.397 e. The summed E-state index contributed by atoms with van der Waals surface area (Å²) in [5.74, 6) is 0.645. The van der Waals surface area contributed by atoms with Gasteiger partial charge >= 0.3 is 0 Å². The number of nitrogens with zero attached hydrogens (tertiary/aromatic N) is 2. The van der Waals surface area contributed by atoms with Gasteiger partial charge in [-0.1, -0.05) is 13.8 Å². The summed E-state index contributed by atoms with van der Waals surface area (Å²) in [6, 6.07) is 8.65. The third kappa shape index (κ3) is 1.93. The maximum Gasteiger partial charge on any atom is 0.133 e. The van der Waals surface area contributed by atoms with Gasteiger partial charge in [0.15, 0.2) is 0 Å². The number of halogens is 1. The number of hydrogen-bond donors (Lipinski definition) is 1. The van der Waals surface area contributed by atoms with Crippen molar-refractivity contribution in [3.05, 3.63) is 47.9 Å². The predicted molar refractivity (Wildman–Crippen MR) is 75.1 cm³/mol. The molecule has 0 bridgehead atoms. The third-order valence-electron chi connectivity index (χ3n) is 3.58. The predicted octanol–water partition coefficient (Wildman–Crippen LogP) is 3.23. The first-order valence-electron chi connectivity index (χ1n) is 6.26. The SMILES string of the molecule is CC1(C)CN(c2ccc(N)cn2)c2ccc(F)cc21. The third-order valence-corrected chi connectivity index (χ3v) is 3.58. The molecule has 0 spiro atoms. The van der Waals surface area contributed by atoms with Crippen LogP contribution >= 0.6 is 0 Å². The number of fused-ring (bicyclic) bond motifs is 1. The molecule has 1 aliphatic rings. The zero-order valence-corrected chi connectivity index (χ0v) is 11.0. The van der Waals surface area contributed by atoms with E-state index in [-0.39, 0.29) is 11.2 Å². The highest BCUT2D eigenvalue weighted by molar-refractivity contribution is 5.70. The molecule has 4 heteroatoms. The molecule has 0 atom stereocenters. The van der Waals surface area contributed by atoms with E-state index in [1.165, 1.54) is 6.07 Å². The van der Waals surface area contributed by atoms with E-state index in [1.807, 2.05) is 18.2 Å². The summed E-state index contributed by atoms with van der Waals surface area (Å²) in [5, 5.41) is 0. The Labute approximate surface area is 111 Å². The highest BCUT2D eigenvalue weighted by Gasteiger charge is 2.36. The maximum absolute atomic E-state index is 13.4. The van der Waals surface area contributed by atoms with Crippen LogP contribution in [0.1, 0.15) is 19.4 Å². The Balaban J connectivity index is 2.10. The lowest BCUT2D eigenvalue weighted by Crippen LogP contribution is -2.25. The summed E-state index contributed by atoms with van der Waals surface area (Å²) in [5.41, 5.74) is 8.24. The van der Waals surface area contributed by atoms with Crippen molar-refractivity contribution in [3.8, 4) is 0 Å². The van der Waals surface area contributed by atoms with Gasteiger partial charge in [-0.05, 0) is 35.9 Å². The van der Waals surface area contributed by atoms with Gasteiger partial charge in [0.1, 0.15) is 11.6 Å². The van der Waals surface area contributed by atoms with E-state index >= 15 is 0 Å². The minimum absolute atomic E-state index is 0.0967. The minimum atomic E-state index is -0.195. The van der Waals surface area contributed by atoms with Crippen LogP contribution < -0.4 is 10.6 Å². The van der Waals surface area contributed by atoms with Gasteiger partial charge in [-0.25, -0.2) is 9.37 Å². The van der Waals surface area contributed by atoms with Gasteiger partial charge in [-0.15, -0.1) is 0 Å². The first-order valence-corrected chi connectivity index (χ1v) is 6.26. The van der Waals surface area contributed by atoms with E-state index in [0.717, 1.165) is 23.6 Å². The lowest BCUT2D eigenvalue weighted by atomic mass is 9.87. The van der Waals surface area contributed by atoms with Crippen LogP contribution in [0.2, 0.25) is 0 Å². The zero-order chi connectivity index (χ0) is 13.6. The minimum Gasteiger partial charge on any atom is -0.397 e. The monoisotopic (exact) mass is 257 g/mol. The van der Waals surface area contributed by atoms with Crippen molar-refractivity contribution >= 4 is 17.2 Å². The molecule has 3 rings (SSSR count). The van der Waals surface area contributed by atoms with Crippen LogP contribution in [0.3, 0.4) is 0 Å². The second-order valence-electron chi connectivity index (χ2n) is 5.58. The highest BCUT2D eigenvalue weighted by Crippen LogP contribution is 2.43. The second kappa shape index (κ2) is 3.95. The average Bonchev–Trinajstić information content (AvgIpc) is 2.62. The lowest BCUT2D eigenvalue weighted by molar-refractivity contribution is 0.559. The molecule has 2 N–H and O–H groups in total. The first-order chi connectivity index (χ1) is 8.97. The molecule has 1 aromatic heterocycles. The molecule has 2 aromatic rings. The Hall–Kier alpha value is -2.10. The number of hydrogen-bond acceptors (Lipinski definition) is 3. The van der Waals surface area contributed by atoms with Gasteiger partial charge < -0.3 is 10.6 Å². The molecule has 0 saturated carbocycles. The van der Waals surface area contributed by atoms with E-state index in [9.17, 15) is 4.39 Å². The molecular weight excluding hydrogens is 241 g/mol. The smallest absolute Gasteiger partial charge is 0.133 e. The topological polar surface area (TPSA) is 42.1 Å². The fourth-order valence-corrected chi connectivity index (χ4v) is 2.61. The van der Waals surface area contributed by atoms with Gasteiger partial charge in [0, 0.05) is 17.6 Å². The summed E-state index contributed by atoms with van der Waals surface area (Å²) < 4.78 is 13.4. The Morgan fingerprint density at radius 2 is 2.05 bits per heavy atom. The zero-order valence-electron chi connectivity index (χ0n) is 11.0. The maximum atomic E-state index is 13.4. The number of nitrogens with two attached hydrogens (primary N) is 1. The van der Waals surface area contributed by atoms with Crippen molar-refractivity contribution < 1.29 is 4.39 Å². The van der Waals surface area contributed by atoms with Crippen LogP contribution in [-0.4, -0.2) is 11.5 Å². The van der Waals surface area contributed by atoms with Gasteiger partial charge in [0.05, 0.1) is 11.9 Å². The average molecular weight is 257 g/mol. The van der Waals surface area contributed by atoms with Gasteiger partial charge in [-0.2, -0.15) is 0 Å². The van der Waals surface area contributed by atoms with Crippen molar-refractivity contribution in [2.45, 2.75) is 19.3 Å². The Bertz CT molecular complexity index is 620. The highest BCUT2D eigenvalue weighted by atomic mass is 19.1. The molecule has 1 aliphatic heterocycles. The normalized spacial score (nSPS) is 16.5. The molecule has 0 saturated heterocycles. The van der Waals surface area contributed by atoms with E-state index < -0.39 is 0 Å². The van der Waals surface area contributed by atoms with E-state index in [1.54, 1.807) is 12.3 Å². The van der Waals surface area contributed by atoms with Crippen LogP contribution in [0, 0.1) is 5.82 Å². The molecule has 0 radical (unpaired) electrons.